The molecular weight excluding hydrogens is 236 g/mol. The minimum absolute atomic E-state index is 0.364. The van der Waals surface area contributed by atoms with Crippen LogP contribution in [0.5, 0.6) is 5.88 Å². The molecule has 0 aliphatic heterocycles. The molecule has 1 aromatic heterocycles. The summed E-state index contributed by atoms with van der Waals surface area (Å²) in [5.74, 6) is 1.59. The molecule has 0 saturated heterocycles. The van der Waals surface area contributed by atoms with E-state index in [9.17, 15) is 0 Å². The molecular formula is C16H24N2O. The molecule has 2 atom stereocenters. The summed E-state index contributed by atoms with van der Waals surface area (Å²) < 4.78 is 6.05. The third-order valence-corrected chi connectivity index (χ3v) is 4.15. The average Bonchev–Trinajstić information content (AvgIpc) is 3.21. The highest BCUT2D eigenvalue weighted by atomic mass is 16.5. The maximum atomic E-state index is 6.05. The van der Waals surface area contributed by atoms with Crippen LogP contribution < -0.4 is 10.1 Å². The Morgan fingerprint density at radius 2 is 2.21 bits per heavy atom. The Bertz CT molecular complexity index is 417. The van der Waals surface area contributed by atoms with Crippen LogP contribution in [0.1, 0.15) is 51.0 Å². The Morgan fingerprint density at radius 3 is 3.00 bits per heavy atom. The molecule has 0 amide bonds. The van der Waals surface area contributed by atoms with Gasteiger partial charge in [-0.1, -0.05) is 13.3 Å². The molecule has 3 heteroatoms. The van der Waals surface area contributed by atoms with Crippen molar-refractivity contribution in [1.29, 1.82) is 0 Å². The molecule has 0 bridgehead atoms. The fourth-order valence-corrected chi connectivity index (χ4v) is 2.83. The van der Waals surface area contributed by atoms with E-state index in [1.165, 1.54) is 44.1 Å². The van der Waals surface area contributed by atoms with Crippen LogP contribution in [0.2, 0.25) is 0 Å². The molecule has 0 spiro atoms. The van der Waals surface area contributed by atoms with Gasteiger partial charge in [0.1, 0.15) is 6.10 Å². The molecule has 2 aliphatic rings. The smallest absolute Gasteiger partial charge is 0.213 e. The number of hydrogen-bond donors (Lipinski definition) is 1. The molecule has 2 aliphatic carbocycles. The lowest BCUT2D eigenvalue weighted by Gasteiger charge is -2.27. The number of rotatable bonds is 5. The topological polar surface area (TPSA) is 34.1 Å². The van der Waals surface area contributed by atoms with E-state index < -0.39 is 0 Å². The first-order valence-corrected chi connectivity index (χ1v) is 7.64. The van der Waals surface area contributed by atoms with Crippen molar-refractivity contribution in [3.63, 3.8) is 0 Å². The maximum absolute atomic E-state index is 6.05. The lowest BCUT2D eigenvalue weighted by atomic mass is 9.89. The van der Waals surface area contributed by atoms with Crippen LogP contribution in [-0.2, 0) is 6.54 Å². The second-order valence-corrected chi connectivity index (χ2v) is 6.17. The zero-order chi connectivity index (χ0) is 13.1. The number of ether oxygens (including phenoxy) is 1. The van der Waals surface area contributed by atoms with E-state index in [1.807, 2.05) is 6.20 Å². The van der Waals surface area contributed by atoms with Crippen molar-refractivity contribution in [1.82, 2.24) is 10.3 Å². The van der Waals surface area contributed by atoms with E-state index in [0.717, 1.165) is 24.4 Å². The third-order valence-electron chi connectivity index (χ3n) is 4.15. The lowest BCUT2D eigenvalue weighted by molar-refractivity contribution is 0.124. The van der Waals surface area contributed by atoms with Crippen LogP contribution in [-0.4, -0.2) is 17.1 Å². The number of aromatic nitrogens is 1. The molecule has 104 valence electrons. The first-order chi connectivity index (χ1) is 9.29. The first kappa shape index (κ1) is 12.9. The van der Waals surface area contributed by atoms with Gasteiger partial charge in [0.05, 0.1) is 0 Å². The molecule has 19 heavy (non-hydrogen) atoms. The van der Waals surface area contributed by atoms with E-state index in [1.54, 1.807) is 0 Å². The second kappa shape index (κ2) is 5.91. The largest absolute Gasteiger partial charge is 0.474 e. The molecule has 3 nitrogen and oxygen atoms in total. The zero-order valence-electron chi connectivity index (χ0n) is 11.8. The molecule has 1 N–H and O–H groups in total. The lowest BCUT2D eigenvalue weighted by Crippen LogP contribution is -2.24. The van der Waals surface area contributed by atoms with Gasteiger partial charge in [0.2, 0.25) is 5.88 Å². The summed E-state index contributed by atoms with van der Waals surface area (Å²) in [4.78, 5) is 4.35. The first-order valence-electron chi connectivity index (χ1n) is 7.64. The van der Waals surface area contributed by atoms with E-state index in [0.29, 0.717) is 6.10 Å². The molecule has 3 rings (SSSR count). The standard InChI is InChI=1S/C16H24N2O/c1-12-3-2-4-15(9-12)19-16-10-13(7-8-17-16)11-18-14-5-6-14/h7-8,10,12,14-15,18H,2-6,9,11H2,1H3. The van der Waals surface area contributed by atoms with Crippen molar-refractivity contribution in [3.8, 4) is 5.88 Å². The van der Waals surface area contributed by atoms with Gasteiger partial charge >= 0.3 is 0 Å². The van der Waals surface area contributed by atoms with E-state index >= 15 is 0 Å². The molecule has 2 unspecified atom stereocenters. The van der Waals surface area contributed by atoms with Crippen LogP contribution in [0.25, 0.3) is 0 Å². The van der Waals surface area contributed by atoms with E-state index in [-0.39, 0.29) is 0 Å². The minimum Gasteiger partial charge on any atom is -0.474 e. The molecule has 1 aromatic rings. The number of hydrogen-bond acceptors (Lipinski definition) is 3. The van der Waals surface area contributed by atoms with Gasteiger partial charge in [-0.05, 0) is 49.7 Å². The highest BCUT2D eigenvalue weighted by Gasteiger charge is 2.21. The van der Waals surface area contributed by atoms with Crippen molar-refractivity contribution in [3.05, 3.63) is 23.9 Å². The Labute approximate surface area is 115 Å². The van der Waals surface area contributed by atoms with Gasteiger partial charge in [-0.25, -0.2) is 4.98 Å². The monoisotopic (exact) mass is 260 g/mol. The second-order valence-electron chi connectivity index (χ2n) is 6.17. The Kier molecular flexibility index (Phi) is 4.02. The summed E-state index contributed by atoms with van der Waals surface area (Å²) in [6.07, 6.45) is 9.87. The van der Waals surface area contributed by atoms with Gasteiger partial charge in [0, 0.05) is 24.8 Å². The summed E-state index contributed by atoms with van der Waals surface area (Å²) in [6.45, 7) is 3.25. The van der Waals surface area contributed by atoms with Crippen molar-refractivity contribution >= 4 is 0 Å². The fourth-order valence-electron chi connectivity index (χ4n) is 2.83. The number of nitrogens with zero attached hydrogens (tertiary/aromatic N) is 1. The highest BCUT2D eigenvalue weighted by molar-refractivity contribution is 5.20. The summed E-state index contributed by atoms with van der Waals surface area (Å²) >= 11 is 0. The quantitative estimate of drug-likeness (QED) is 0.882. The van der Waals surface area contributed by atoms with Gasteiger partial charge in [0.15, 0.2) is 0 Å². The molecule has 0 aromatic carbocycles. The van der Waals surface area contributed by atoms with Crippen LogP contribution in [0.4, 0.5) is 0 Å². The predicted molar refractivity (Wildman–Crippen MR) is 76.1 cm³/mol. The highest BCUT2D eigenvalue weighted by Crippen LogP contribution is 2.27. The Balaban J connectivity index is 1.55. The normalized spacial score (nSPS) is 27.2. The van der Waals surface area contributed by atoms with Crippen LogP contribution in [0, 0.1) is 5.92 Å². The minimum atomic E-state index is 0.364. The van der Waals surface area contributed by atoms with Gasteiger partial charge in [-0.15, -0.1) is 0 Å². The zero-order valence-corrected chi connectivity index (χ0v) is 11.8. The van der Waals surface area contributed by atoms with Gasteiger partial charge in [-0.2, -0.15) is 0 Å². The third kappa shape index (κ3) is 3.93. The predicted octanol–water partition coefficient (Wildman–Crippen LogP) is 3.29. The molecule has 2 saturated carbocycles. The maximum Gasteiger partial charge on any atom is 0.213 e. The number of pyridine rings is 1. The SMILES string of the molecule is CC1CCCC(Oc2cc(CNC3CC3)ccn2)C1. The summed E-state index contributed by atoms with van der Waals surface area (Å²) in [6, 6.07) is 4.91. The van der Waals surface area contributed by atoms with Crippen molar-refractivity contribution in [2.45, 2.75) is 64.1 Å². The Hall–Kier alpha value is -1.09. The van der Waals surface area contributed by atoms with Crippen molar-refractivity contribution < 1.29 is 4.74 Å². The number of nitrogens with one attached hydrogen (secondary N) is 1. The molecule has 1 heterocycles. The van der Waals surface area contributed by atoms with Crippen molar-refractivity contribution in [2.24, 2.45) is 5.92 Å². The van der Waals surface area contributed by atoms with Crippen molar-refractivity contribution in [2.75, 3.05) is 0 Å². The summed E-state index contributed by atoms with van der Waals surface area (Å²) in [7, 11) is 0. The molecule has 2 fully saturated rings. The van der Waals surface area contributed by atoms with Crippen LogP contribution >= 0.6 is 0 Å². The van der Waals surface area contributed by atoms with Gasteiger partial charge < -0.3 is 10.1 Å². The molecule has 0 radical (unpaired) electrons. The summed E-state index contributed by atoms with van der Waals surface area (Å²) in [5.41, 5.74) is 1.28. The average molecular weight is 260 g/mol. The van der Waals surface area contributed by atoms with Gasteiger partial charge in [-0.3, -0.25) is 0 Å². The Morgan fingerprint density at radius 1 is 1.32 bits per heavy atom. The fraction of sp³-hybridized carbons (Fsp3) is 0.688. The van der Waals surface area contributed by atoms with Gasteiger partial charge in [0.25, 0.3) is 0 Å². The van der Waals surface area contributed by atoms with Crippen LogP contribution in [0.3, 0.4) is 0 Å². The van der Waals surface area contributed by atoms with E-state index in [2.05, 4.69) is 29.4 Å². The van der Waals surface area contributed by atoms with E-state index in [4.69, 9.17) is 4.74 Å². The van der Waals surface area contributed by atoms with Crippen LogP contribution in [0.15, 0.2) is 18.3 Å². The summed E-state index contributed by atoms with van der Waals surface area (Å²) in [5, 5.41) is 3.53.